The Morgan fingerprint density at radius 1 is 1.57 bits per heavy atom. The number of benzene rings is 1. The van der Waals surface area contributed by atoms with E-state index in [1.807, 2.05) is 25.1 Å². The third-order valence-corrected chi connectivity index (χ3v) is 2.77. The first kappa shape index (κ1) is 10.9. The number of aryl methyl sites for hydroxylation is 1. The van der Waals surface area contributed by atoms with E-state index in [9.17, 15) is 0 Å². The minimum Gasteiger partial charge on any atom is -0.409 e. The van der Waals surface area contributed by atoms with E-state index in [0.717, 1.165) is 16.9 Å². The average molecular weight is 210 g/mol. The Hall–Kier alpha value is -1.16. The lowest BCUT2D eigenvalue weighted by molar-refractivity contribution is 0.318. The van der Waals surface area contributed by atoms with Gasteiger partial charge in [0, 0.05) is 10.5 Å². The molecule has 3 N–H and O–H groups in total. The highest BCUT2D eigenvalue weighted by atomic mass is 32.2. The van der Waals surface area contributed by atoms with Gasteiger partial charge in [0.15, 0.2) is 5.84 Å². The highest BCUT2D eigenvalue weighted by molar-refractivity contribution is 7.99. The zero-order chi connectivity index (χ0) is 10.6. The third kappa shape index (κ3) is 2.42. The van der Waals surface area contributed by atoms with Crippen molar-refractivity contribution < 1.29 is 5.21 Å². The maximum atomic E-state index is 8.54. The first-order valence-corrected chi connectivity index (χ1v) is 5.39. The minimum atomic E-state index is 0.163. The summed E-state index contributed by atoms with van der Waals surface area (Å²) in [7, 11) is 0. The second-order valence-corrected chi connectivity index (χ2v) is 4.23. The highest BCUT2D eigenvalue weighted by Crippen LogP contribution is 2.20. The van der Waals surface area contributed by atoms with E-state index in [1.54, 1.807) is 11.8 Å². The van der Waals surface area contributed by atoms with Gasteiger partial charge < -0.3 is 10.9 Å². The second kappa shape index (κ2) is 4.91. The van der Waals surface area contributed by atoms with E-state index in [0.29, 0.717) is 0 Å². The molecule has 0 aliphatic rings. The number of hydrogen-bond donors (Lipinski definition) is 2. The van der Waals surface area contributed by atoms with Crippen LogP contribution in [0.25, 0.3) is 0 Å². The topological polar surface area (TPSA) is 58.6 Å². The van der Waals surface area contributed by atoms with Crippen molar-refractivity contribution in [2.24, 2.45) is 10.9 Å². The number of nitrogens with two attached hydrogens (primary N) is 1. The molecule has 1 aromatic rings. The number of amidine groups is 1. The van der Waals surface area contributed by atoms with Crippen LogP contribution in [-0.4, -0.2) is 16.8 Å². The first-order chi connectivity index (χ1) is 6.69. The zero-order valence-corrected chi connectivity index (χ0v) is 9.14. The third-order valence-electron chi connectivity index (χ3n) is 1.89. The van der Waals surface area contributed by atoms with Crippen LogP contribution in [0, 0.1) is 6.92 Å². The predicted octanol–water partition coefficient (Wildman–Crippen LogP) is 2.20. The fourth-order valence-electron chi connectivity index (χ4n) is 1.23. The molecular weight excluding hydrogens is 196 g/mol. The van der Waals surface area contributed by atoms with Crippen LogP contribution in [0.5, 0.6) is 0 Å². The molecule has 0 aliphatic heterocycles. The van der Waals surface area contributed by atoms with Gasteiger partial charge in [0.25, 0.3) is 0 Å². The molecule has 0 radical (unpaired) electrons. The van der Waals surface area contributed by atoms with E-state index < -0.39 is 0 Å². The van der Waals surface area contributed by atoms with Crippen LogP contribution in [0.4, 0.5) is 0 Å². The van der Waals surface area contributed by atoms with Gasteiger partial charge in [0.1, 0.15) is 0 Å². The molecule has 0 fully saturated rings. The Balaban J connectivity index is 3.01. The average Bonchev–Trinajstić information content (AvgIpc) is 2.17. The summed E-state index contributed by atoms with van der Waals surface area (Å²) in [5.41, 5.74) is 7.32. The Labute approximate surface area is 88.0 Å². The van der Waals surface area contributed by atoms with Crippen LogP contribution in [0.2, 0.25) is 0 Å². The molecule has 0 bridgehead atoms. The van der Waals surface area contributed by atoms with E-state index >= 15 is 0 Å². The van der Waals surface area contributed by atoms with E-state index in [2.05, 4.69) is 12.1 Å². The van der Waals surface area contributed by atoms with Gasteiger partial charge in [-0.25, -0.2) is 0 Å². The molecule has 0 atom stereocenters. The molecule has 0 saturated heterocycles. The second-order valence-electron chi connectivity index (χ2n) is 2.89. The molecule has 1 rings (SSSR count). The van der Waals surface area contributed by atoms with Gasteiger partial charge in [0.2, 0.25) is 0 Å². The normalized spacial score (nSPS) is 11.7. The van der Waals surface area contributed by atoms with Crippen LogP contribution in [0.3, 0.4) is 0 Å². The Bertz CT molecular complexity index is 350. The Morgan fingerprint density at radius 2 is 2.29 bits per heavy atom. The van der Waals surface area contributed by atoms with Gasteiger partial charge in [-0.1, -0.05) is 12.1 Å². The largest absolute Gasteiger partial charge is 0.409 e. The summed E-state index contributed by atoms with van der Waals surface area (Å²) in [6.45, 7) is 4.06. The van der Waals surface area contributed by atoms with Crippen LogP contribution in [0.1, 0.15) is 18.1 Å². The van der Waals surface area contributed by atoms with Crippen molar-refractivity contribution in [3.05, 3.63) is 29.3 Å². The quantitative estimate of drug-likeness (QED) is 0.264. The van der Waals surface area contributed by atoms with Gasteiger partial charge in [0.05, 0.1) is 0 Å². The van der Waals surface area contributed by atoms with Gasteiger partial charge in [-0.05, 0) is 36.4 Å². The lowest BCUT2D eigenvalue weighted by atomic mass is 10.1. The lowest BCUT2D eigenvalue weighted by Gasteiger charge is -2.05. The summed E-state index contributed by atoms with van der Waals surface area (Å²) >= 11 is 1.77. The molecule has 14 heavy (non-hydrogen) atoms. The maximum Gasteiger partial charge on any atom is 0.170 e. The molecular formula is C10H14N2OS. The van der Waals surface area contributed by atoms with E-state index in [1.165, 1.54) is 4.90 Å². The molecule has 1 aromatic carbocycles. The fraction of sp³-hybridized carbons (Fsp3) is 0.300. The van der Waals surface area contributed by atoms with Gasteiger partial charge in [-0.15, -0.1) is 11.8 Å². The summed E-state index contributed by atoms with van der Waals surface area (Å²) < 4.78 is 0. The molecule has 0 heterocycles. The first-order valence-electron chi connectivity index (χ1n) is 4.40. The zero-order valence-electron chi connectivity index (χ0n) is 8.32. The Kier molecular flexibility index (Phi) is 3.83. The van der Waals surface area contributed by atoms with E-state index in [4.69, 9.17) is 10.9 Å². The summed E-state index contributed by atoms with van der Waals surface area (Å²) in [5, 5.41) is 11.5. The maximum absolute atomic E-state index is 8.54. The van der Waals surface area contributed by atoms with Crippen molar-refractivity contribution in [2.75, 3.05) is 5.75 Å². The summed E-state index contributed by atoms with van der Waals surface area (Å²) in [6, 6.07) is 5.90. The molecule has 3 nitrogen and oxygen atoms in total. The van der Waals surface area contributed by atoms with Crippen LogP contribution in [0.15, 0.2) is 28.3 Å². The molecule has 4 heteroatoms. The van der Waals surface area contributed by atoms with Crippen molar-refractivity contribution in [3.8, 4) is 0 Å². The molecule has 0 unspecified atom stereocenters. The summed E-state index contributed by atoms with van der Waals surface area (Å²) in [6.07, 6.45) is 0. The SMILES string of the molecule is CCSc1ccc(/C(N)=N/O)c(C)c1. The monoisotopic (exact) mass is 210 g/mol. The summed E-state index contributed by atoms with van der Waals surface area (Å²) in [5.74, 6) is 1.21. The van der Waals surface area contributed by atoms with Crippen molar-refractivity contribution in [1.29, 1.82) is 0 Å². The minimum absolute atomic E-state index is 0.163. The van der Waals surface area contributed by atoms with Crippen molar-refractivity contribution in [1.82, 2.24) is 0 Å². The van der Waals surface area contributed by atoms with Gasteiger partial charge in [-0.3, -0.25) is 0 Å². The van der Waals surface area contributed by atoms with Crippen LogP contribution >= 0.6 is 11.8 Å². The van der Waals surface area contributed by atoms with Gasteiger partial charge >= 0.3 is 0 Å². The van der Waals surface area contributed by atoms with Crippen LogP contribution < -0.4 is 5.73 Å². The number of rotatable bonds is 3. The predicted molar refractivity (Wildman–Crippen MR) is 60.1 cm³/mol. The number of hydrogen-bond acceptors (Lipinski definition) is 3. The molecule has 0 saturated carbocycles. The number of nitrogens with zero attached hydrogens (tertiary/aromatic N) is 1. The Morgan fingerprint density at radius 3 is 2.79 bits per heavy atom. The van der Waals surface area contributed by atoms with Crippen molar-refractivity contribution in [3.63, 3.8) is 0 Å². The van der Waals surface area contributed by atoms with E-state index in [-0.39, 0.29) is 5.84 Å². The molecule has 0 aromatic heterocycles. The number of oxime groups is 1. The van der Waals surface area contributed by atoms with Crippen molar-refractivity contribution >= 4 is 17.6 Å². The summed E-state index contributed by atoms with van der Waals surface area (Å²) in [4.78, 5) is 1.21. The molecule has 76 valence electrons. The molecule has 0 aliphatic carbocycles. The molecule has 0 spiro atoms. The highest BCUT2D eigenvalue weighted by Gasteiger charge is 2.04. The smallest absolute Gasteiger partial charge is 0.170 e. The standard InChI is InChI=1S/C10H14N2OS/c1-3-14-8-4-5-9(7(2)6-8)10(11)12-13/h4-6,13H,3H2,1-2H3,(H2,11,12). The van der Waals surface area contributed by atoms with Gasteiger partial charge in [-0.2, -0.15) is 0 Å². The van der Waals surface area contributed by atoms with Crippen molar-refractivity contribution in [2.45, 2.75) is 18.7 Å². The number of thioether (sulfide) groups is 1. The fourth-order valence-corrected chi connectivity index (χ4v) is 1.99. The van der Waals surface area contributed by atoms with Crippen LogP contribution in [-0.2, 0) is 0 Å². The lowest BCUT2D eigenvalue weighted by Crippen LogP contribution is -2.14. The molecule has 0 amide bonds.